The summed E-state index contributed by atoms with van der Waals surface area (Å²) in [5.41, 5.74) is -1.23. The lowest BCUT2D eigenvalue weighted by atomic mass is 9.43. The molecule has 0 aromatic carbocycles. The molecule has 12 heteroatoms. The minimum Gasteiger partial charge on any atom is -0.481 e. The molecule has 0 heterocycles. The maximum absolute atomic E-state index is 14.5. The summed E-state index contributed by atoms with van der Waals surface area (Å²) in [4.78, 5) is 87.3. The van der Waals surface area contributed by atoms with E-state index in [1.54, 1.807) is 13.0 Å². The van der Waals surface area contributed by atoms with Crippen LogP contribution in [0.5, 0.6) is 0 Å². The summed E-state index contributed by atoms with van der Waals surface area (Å²) in [6.45, 7) is 12.9. The number of allylic oxidation sites excluding steroid dienone is 2. The molecule has 0 aromatic heterocycles. The largest absolute Gasteiger partial charge is 0.481 e. The first-order valence-corrected chi connectivity index (χ1v) is 17.8. The molecule has 274 valence electrons. The van der Waals surface area contributed by atoms with Gasteiger partial charge in [-0.15, -0.1) is 0 Å². The Kier molecular flexibility index (Phi) is 10.0. The number of fused-ring (bicyclic) bond motifs is 2. The molecule has 0 amide bonds. The first kappa shape index (κ1) is 37.4. The second-order valence-electron chi connectivity index (χ2n) is 16.0. The zero-order valence-electron chi connectivity index (χ0n) is 29.7. The van der Waals surface area contributed by atoms with E-state index in [2.05, 4.69) is 26.5 Å². The molecule has 2 spiro atoms. The van der Waals surface area contributed by atoms with E-state index >= 15 is 0 Å². The molecule has 5 rings (SSSR count). The number of carbonyl (C=O) groups excluding carboxylic acids is 5. The summed E-state index contributed by atoms with van der Waals surface area (Å²) >= 11 is 0. The highest BCUT2D eigenvalue weighted by Gasteiger charge is 2.82. The molecule has 11 atom stereocenters. The van der Waals surface area contributed by atoms with Crippen LogP contribution in [0.1, 0.15) is 98.8 Å². The fourth-order valence-corrected chi connectivity index (χ4v) is 11.0. The monoisotopic (exact) mass is 698 g/mol. The number of hydrogen-bond acceptors (Lipinski definition) is 10. The van der Waals surface area contributed by atoms with Gasteiger partial charge in [0.25, 0.3) is 0 Å². The number of rotatable bonds is 14. The molecule has 4 fully saturated rings. The molecule has 4 saturated carbocycles. The van der Waals surface area contributed by atoms with Gasteiger partial charge in [-0.3, -0.25) is 33.6 Å². The fraction of sp³-hybridized carbons (Fsp3) is 0.711. The number of ether oxygens (including phenoxy) is 3. The predicted molar refractivity (Wildman–Crippen MR) is 176 cm³/mol. The Morgan fingerprint density at radius 2 is 1.60 bits per heavy atom. The van der Waals surface area contributed by atoms with E-state index in [1.807, 2.05) is 6.92 Å². The van der Waals surface area contributed by atoms with Crippen molar-refractivity contribution in [3.05, 3.63) is 24.3 Å². The van der Waals surface area contributed by atoms with Crippen molar-refractivity contribution in [3.8, 4) is 0 Å². The van der Waals surface area contributed by atoms with Crippen LogP contribution in [0.4, 0.5) is 0 Å². The number of carboxylic acid groups (broad SMARTS) is 2. The third-order valence-corrected chi connectivity index (χ3v) is 13.7. The van der Waals surface area contributed by atoms with E-state index in [0.717, 1.165) is 25.7 Å². The van der Waals surface area contributed by atoms with E-state index < -0.39 is 89.8 Å². The van der Waals surface area contributed by atoms with E-state index in [1.165, 1.54) is 6.92 Å². The van der Waals surface area contributed by atoms with Crippen LogP contribution < -0.4 is 0 Å². The zero-order chi connectivity index (χ0) is 37.0. The molecule has 0 aromatic rings. The van der Waals surface area contributed by atoms with Crippen molar-refractivity contribution in [1.29, 1.82) is 0 Å². The van der Waals surface area contributed by atoms with Crippen LogP contribution in [0.2, 0.25) is 0 Å². The van der Waals surface area contributed by atoms with Gasteiger partial charge in [0, 0.05) is 24.7 Å². The van der Waals surface area contributed by atoms with Crippen molar-refractivity contribution in [2.45, 2.75) is 111 Å². The number of aliphatic carboxylic acids is 2. The predicted octanol–water partition coefficient (Wildman–Crippen LogP) is 4.87. The molecule has 2 N–H and O–H groups in total. The number of ketones is 2. The third-order valence-electron chi connectivity index (χ3n) is 13.7. The summed E-state index contributed by atoms with van der Waals surface area (Å²) in [5, 5.41) is 18.1. The highest BCUT2D eigenvalue weighted by atomic mass is 16.6. The quantitative estimate of drug-likeness (QED) is 0.143. The molecule has 12 nitrogen and oxygen atoms in total. The molecule has 0 radical (unpaired) electrons. The summed E-state index contributed by atoms with van der Waals surface area (Å²) < 4.78 is 17.2. The lowest BCUT2D eigenvalue weighted by Gasteiger charge is -2.60. The van der Waals surface area contributed by atoms with Crippen LogP contribution in [0.25, 0.3) is 0 Å². The first-order valence-electron chi connectivity index (χ1n) is 17.8. The molecule has 0 bridgehead atoms. The van der Waals surface area contributed by atoms with Crippen molar-refractivity contribution >= 4 is 41.4 Å². The maximum Gasteiger partial charge on any atom is 0.307 e. The highest BCUT2D eigenvalue weighted by Crippen LogP contribution is 2.87. The Bertz CT molecular complexity index is 1530. The van der Waals surface area contributed by atoms with Gasteiger partial charge in [0.15, 0.2) is 17.7 Å². The van der Waals surface area contributed by atoms with Gasteiger partial charge in [0.1, 0.15) is 6.10 Å². The van der Waals surface area contributed by atoms with E-state index in [-0.39, 0.29) is 53.0 Å². The van der Waals surface area contributed by atoms with Crippen LogP contribution in [0.15, 0.2) is 24.3 Å². The Balaban J connectivity index is 1.48. The van der Waals surface area contributed by atoms with Crippen molar-refractivity contribution < 1.29 is 58.0 Å². The molecule has 5 aliphatic rings. The lowest BCUT2D eigenvalue weighted by Crippen LogP contribution is -2.57. The van der Waals surface area contributed by atoms with Gasteiger partial charge in [-0.1, -0.05) is 40.3 Å². The van der Waals surface area contributed by atoms with Gasteiger partial charge in [0.05, 0.1) is 32.3 Å². The molecule has 5 aliphatic carbocycles. The number of esters is 3. The van der Waals surface area contributed by atoms with E-state index in [9.17, 15) is 38.7 Å². The lowest BCUT2D eigenvalue weighted by molar-refractivity contribution is -0.175. The Hall–Kier alpha value is -3.83. The molecular formula is C38H50O12. The zero-order valence-corrected chi connectivity index (χ0v) is 29.7. The first-order chi connectivity index (χ1) is 23.3. The van der Waals surface area contributed by atoms with Gasteiger partial charge in [-0.2, -0.15) is 0 Å². The SMILES string of the molecule is C=C(C(=O)[C@H](OC(=O)CCC(=O)O)C1[C@@H](OC(C)=O)C[C@@]2(C)[C@@H]3CC[C@H]4[C@H](C)C(=O)C=C[C@@]45C[C@@]35CC[C@]12C)[C@@H](C)COC(=O)CCC(=O)O. The normalized spacial score (nSPS) is 37.5. The fourth-order valence-electron chi connectivity index (χ4n) is 11.0. The van der Waals surface area contributed by atoms with Gasteiger partial charge in [-0.25, -0.2) is 0 Å². The van der Waals surface area contributed by atoms with E-state index in [0.29, 0.717) is 12.8 Å². The summed E-state index contributed by atoms with van der Waals surface area (Å²) in [6, 6.07) is 0. The standard InChI is InChI=1S/C38H50O12/c1-20(18-48-30(45)11-9-28(41)42)21(2)33(47)34(50-31(46)12-10-29(43)44)32-26(49-23(4)39)17-36(6)27-8-7-24-22(3)25(40)13-14-37(24)19-38(27,37)16-15-35(32,36)5/h13-14,20,22,24,26-27,32,34H,2,7-12,15-19H2,1,3-6H3,(H,41,42)(H,43,44)/t20-,22-,24-,26-,27-,32?,34+,35+,36-,37+,38-/m0/s1. The van der Waals surface area contributed by atoms with Crippen molar-refractivity contribution in [2.75, 3.05) is 6.61 Å². The summed E-state index contributed by atoms with van der Waals surface area (Å²) in [6.07, 6.45) is 4.56. The molecule has 1 unspecified atom stereocenters. The third kappa shape index (κ3) is 6.10. The van der Waals surface area contributed by atoms with Gasteiger partial charge < -0.3 is 24.4 Å². The summed E-state index contributed by atoms with van der Waals surface area (Å²) in [5.74, 6) is -6.13. The van der Waals surface area contributed by atoms with Gasteiger partial charge in [0.2, 0.25) is 0 Å². The minimum absolute atomic E-state index is 0.00535. The smallest absolute Gasteiger partial charge is 0.307 e. The number of carbonyl (C=O) groups is 7. The minimum atomic E-state index is -1.46. The molecule has 0 aliphatic heterocycles. The van der Waals surface area contributed by atoms with E-state index in [4.69, 9.17) is 19.3 Å². The molecule has 50 heavy (non-hydrogen) atoms. The van der Waals surface area contributed by atoms with Crippen LogP contribution in [-0.2, 0) is 47.8 Å². The molecule has 0 saturated heterocycles. The van der Waals surface area contributed by atoms with Crippen molar-refractivity contribution in [2.24, 2.45) is 51.2 Å². The van der Waals surface area contributed by atoms with Crippen LogP contribution in [0.3, 0.4) is 0 Å². The summed E-state index contributed by atoms with van der Waals surface area (Å²) in [7, 11) is 0. The van der Waals surface area contributed by atoms with Crippen LogP contribution >= 0.6 is 0 Å². The number of Topliss-reactive ketones (excluding diaryl/α,β-unsaturated/α-hetero) is 1. The van der Waals surface area contributed by atoms with Crippen molar-refractivity contribution in [1.82, 2.24) is 0 Å². The Labute approximate surface area is 292 Å². The van der Waals surface area contributed by atoms with Gasteiger partial charge in [-0.05, 0) is 83.7 Å². The number of carboxylic acids is 2. The maximum atomic E-state index is 14.5. The Morgan fingerprint density at radius 3 is 2.22 bits per heavy atom. The second-order valence-corrected chi connectivity index (χ2v) is 16.0. The Morgan fingerprint density at radius 1 is 0.960 bits per heavy atom. The second kappa shape index (κ2) is 13.4. The average molecular weight is 699 g/mol. The highest BCUT2D eigenvalue weighted by molar-refractivity contribution is 6.00. The topological polar surface area (TPSA) is 188 Å². The average Bonchev–Trinajstić information content (AvgIpc) is 3.66. The van der Waals surface area contributed by atoms with Crippen molar-refractivity contribution in [3.63, 3.8) is 0 Å². The van der Waals surface area contributed by atoms with Gasteiger partial charge >= 0.3 is 29.8 Å². The van der Waals surface area contributed by atoms with Crippen LogP contribution in [-0.4, -0.2) is 70.4 Å². The molecular weight excluding hydrogens is 648 g/mol. The van der Waals surface area contributed by atoms with Crippen LogP contribution in [0, 0.1) is 51.2 Å². The number of hydrogen-bond donors (Lipinski definition) is 2.